The van der Waals surface area contributed by atoms with Gasteiger partial charge in [0.1, 0.15) is 17.4 Å². The Hall–Kier alpha value is -3.25. The quantitative estimate of drug-likeness (QED) is 0.368. The summed E-state index contributed by atoms with van der Waals surface area (Å²) in [6.07, 6.45) is 2.44. The molecule has 9 heteroatoms. The van der Waals surface area contributed by atoms with Crippen molar-refractivity contribution in [2.75, 3.05) is 26.7 Å². The molecule has 38 heavy (non-hydrogen) atoms. The van der Waals surface area contributed by atoms with Crippen LogP contribution in [0.3, 0.4) is 0 Å². The van der Waals surface area contributed by atoms with Crippen LogP contribution in [0.15, 0.2) is 42.6 Å². The number of rotatable bonds is 8. The molecule has 0 bridgehead atoms. The molecule has 0 radical (unpaired) electrons. The Morgan fingerprint density at radius 1 is 1.26 bits per heavy atom. The van der Waals surface area contributed by atoms with E-state index in [0.29, 0.717) is 54.3 Å². The van der Waals surface area contributed by atoms with E-state index in [0.717, 1.165) is 30.0 Å². The molecule has 4 rings (SSSR count). The minimum absolute atomic E-state index is 0.000637. The zero-order valence-corrected chi connectivity index (χ0v) is 21.7. The first-order valence-corrected chi connectivity index (χ1v) is 12.8. The van der Waals surface area contributed by atoms with E-state index in [1.165, 1.54) is 6.20 Å². The summed E-state index contributed by atoms with van der Waals surface area (Å²) in [7, 11) is 1.57. The standard InChI is InChI=1S/C29H29ClF2N2O4/c1-38-22-6-8-26-23(15-22)29(24(30)16-33-26)27(35)9-4-18-10-12-34(17-20(18)14-28(36)37)11-2-3-19-13-21(31)5-7-25(19)32/h5-8,13,15-16,18,20,27,35H,4,9-12,14,17H2,1H3,(H,36,37). The van der Waals surface area contributed by atoms with Gasteiger partial charge in [-0.05, 0) is 74.0 Å². The van der Waals surface area contributed by atoms with Gasteiger partial charge in [-0.15, -0.1) is 0 Å². The number of likely N-dealkylation sites (tertiary alicyclic amines) is 1. The van der Waals surface area contributed by atoms with E-state index < -0.39 is 23.7 Å². The van der Waals surface area contributed by atoms with Gasteiger partial charge in [-0.1, -0.05) is 23.4 Å². The Labute approximate surface area is 225 Å². The maximum Gasteiger partial charge on any atom is 0.303 e. The average molecular weight is 543 g/mol. The number of pyridine rings is 1. The van der Waals surface area contributed by atoms with Crippen LogP contribution in [0.5, 0.6) is 5.75 Å². The number of aliphatic hydroxyl groups excluding tert-OH is 1. The predicted octanol–water partition coefficient (Wildman–Crippen LogP) is 5.45. The van der Waals surface area contributed by atoms with Gasteiger partial charge in [-0.2, -0.15) is 0 Å². The van der Waals surface area contributed by atoms with E-state index in [-0.39, 0.29) is 23.8 Å². The first-order valence-electron chi connectivity index (χ1n) is 12.4. The number of piperidine rings is 1. The van der Waals surface area contributed by atoms with Crippen LogP contribution in [0.4, 0.5) is 8.78 Å². The Balaban J connectivity index is 1.42. The molecule has 0 amide bonds. The Kier molecular flexibility index (Phi) is 9.16. The number of nitrogens with zero attached hydrogens (tertiary/aromatic N) is 2. The lowest BCUT2D eigenvalue weighted by Gasteiger charge is -2.37. The molecule has 1 aliphatic rings. The highest BCUT2D eigenvalue weighted by molar-refractivity contribution is 6.32. The van der Waals surface area contributed by atoms with Crippen molar-refractivity contribution in [1.82, 2.24) is 9.88 Å². The molecule has 1 aromatic heterocycles. The number of carbonyl (C=O) groups is 1. The third kappa shape index (κ3) is 6.79. The van der Waals surface area contributed by atoms with Crippen LogP contribution in [0, 0.1) is 35.3 Å². The van der Waals surface area contributed by atoms with Crippen molar-refractivity contribution in [3.63, 3.8) is 0 Å². The number of aliphatic hydroxyl groups is 1. The van der Waals surface area contributed by atoms with E-state index in [1.54, 1.807) is 19.2 Å². The fourth-order valence-corrected chi connectivity index (χ4v) is 5.40. The lowest BCUT2D eigenvalue weighted by molar-refractivity contribution is -0.139. The van der Waals surface area contributed by atoms with Crippen molar-refractivity contribution >= 4 is 28.5 Å². The third-order valence-electron chi connectivity index (χ3n) is 7.08. The number of hydrogen-bond acceptors (Lipinski definition) is 5. The van der Waals surface area contributed by atoms with Crippen molar-refractivity contribution in [2.24, 2.45) is 11.8 Å². The molecule has 2 heterocycles. The number of fused-ring (bicyclic) bond motifs is 1. The van der Waals surface area contributed by atoms with E-state index in [2.05, 4.69) is 16.8 Å². The van der Waals surface area contributed by atoms with Crippen LogP contribution in [0.1, 0.15) is 42.9 Å². The molecular formula is C29H29ClF2N2O4. The molecular weight excluding hydrogens is 514 g/mol. The fraction of sp³-hybridized carbons (Fsp3) is 0.379. The zero-order chi connectivity index (χ0) is 27.2. The van der Waals surface area contributed by atoms with E-state index in [4.69, 9.17) is 16.3 Å². The van der Waals surface area contributed by atoms with Gasteiger partial charge in [0, 0.05) is 30.1 Å². The molecule has 6 nitrogen and oxygen atoms in total. The lowest BCUT2D eigenvalue weighted by atomic mass is 9.79. The second kappa shape index (κ2) is 12.5. The molecule has 0 saturated carbocycles. The monoisotopic (exact) mass is 542 g/mol. The molecule has 200 valence electrons. The van der Waals surface area contributed by atoms with Crippen molar-refractivity contribution in [2.45, 2.75) is 31.8 Å². The van der Waals surface area contributed by atoms with E-state index >= 15 is 0 Å². The molecule has 3 unspecified atom stereocenters. The van der Waals surface area contributed by atoms with Gasteiger partial charge in [0.2, 0.25) is 0 Å². The summed E-state index contributed by atoms with van der Waals surface area (Å²) in [5, 5.41) is 21.7. The minimum atomic E-state index is -0.884. The van der Waals surface area contributed by atoms with Crippen molar-refractivity contribution in [1.29, 1.82) is 0 Å². The summed E-state index contributed by atoms with van der Waals surface area (Å²) in [6, 6.07) is 8.55. The number of aliphatic carboxylic acids is 1. The maximum absolute atomic E-state index is 13.8. The van der Waals surface area contributed by atoms with Gasteiger partial charge in [0.05, 0.1) is 35.9 Å². The van der Waals surface area contributed by atoms with E-state index in [1.807, 2.05) is 11.0 Å². The maximum atomic E-state index is 13.8. The van der Waals surface area contributed by atoms with Crippen LogP contribution in [-0.2, 0) is 4.79 Å². The Bertz CT molecular complexity index is 1370. The number of methoxy groups -OCH3 is 1. The minimum Gasteiger partial charge on any atom is -0.497 e. The molecule has 1 aliphatic heterocycles. The van der Waals surface area contributed by atoms with Crippen LogP contribution in [0.25, 0.3) is 10.9 Å². The third-order valence-corrected chi connectivity index (χ3v) is 7.38. The molecule has 2 aromatic carbocycles. The SMILES string of the molecule is COc1ccc2ncc(Cl)c(C(O)CCC3CCN(CC#Cc4cc(F)ccc4F)CC3CC(=O)O)c2c1. The Morgan fingerprint density at radius 3 is 2.84 bits per heavy atom. The van der Waals surface area contributed by atoms with Crippen LogP contribution >= 0.6 is 11.6 Å². The van der Waals surface area contributed by atoms with Gasteiger partial charge >= 0.3 is 5.97 Å². The summed E-state index contributed by atoms with van der Waals surface area (Å²) >= 11 is 6.44. The number of ether oxygens (including phenoxy) is 1. The molecule has 1 saturated heterocycles. The molecule has 0 spiro atoms. The molecule has 0 aliphatic carbocycles. The highest BCUT2D eigenvalue weighted by Crippen LogP contribution is 2.37. The topological polar surface area (TPSA) is 82.9 Å². The Morgan fingerprint density at radius 2 is 2.08 bits per heavy atom. The van der Waals surface area contributed by atoms with Gasteiger partial charge in [-0.3, -0.25) is 14.7 Å². The highest BCUT2D eigenvalue weighted by Gasteiger charge is 2.31. The summed E-state index contributed by atoms with van der Waals surface area (Å²) in [5.41, 5.74) is 1.28. The average Bonchev–Trinajstić information content (AvgIpc) is 2.89. The number of carboxylic acids is 1. The second-order valence-electron chi connectivity index (χ2n) is 9.56. The molecule has 3 aromatic rings. The van der Waals surface area contributed by atoms with Gasteiger partial charge in [0.15, 0.2) is 0 Å². The number of carboxylic acid groups (broad SMARTS) is 1. The zero-order valence-electron chi connectivity index (χ0n) is 21.0. The summed E-state index contributed by atoms with van der Waals surface area (Å²) < 4.78 is 32.5. The molecule has 3 atom stereocenters. The van der Waals surface area contributed by atoms with Crippen LogP contribution in [-0.4, -0.2) is 52.8 Å². The van der Waals surface area contributed by atoms with Crippen LogP contribution in [0.2, 0.25) is 5.02 Å². The smallest absolute Gasteiger partial charge is 0.303 e. The summed E-state index contributed by atoms with van der Waals surface area (Å²) in [6.45, 7) is 1.53. The molecule has 2 N–H and O–H groups in total. The highest BCUT2D eigenvalue weighted by atomic mass is 35.5. The number of benzene rings is 2. The predicted molar refractivity (Wildman–Crippen MR) is 141 cm³/mol. The van der Waals surface area contributed by atoms with Crippen molar-refractivity contribution in [3.8, 4) is 17.6 Å². The number of halogens is 3. The van der Waals surface area contributed by atoms with Crippen molar-refractivity contribution < 1.29 is 28.5 Å². The fourth-order valence-electron chi connectivity index (χ4n) is 5.12. The largest absolute Gasteiger partial charge is 0.497 e. The van der Waals surface area contributed by atoms with Gasteiger partial charge < -0.3 is 14.9 Å². The first-order chi connectivity index (χ1) is 18.2. The normalized spacial score (nSPS) is 18.6. The summed E-state index contributed by atoms with van der Waals surface area (Å²) in [4.78, 5) is 18.0. The van der Waals surface area contributed by atoms with E-state index in [9.17, 15) is 23.8 Å². The van der Waals surface area contributed by atoms with Crippen molar-refractivity contribution in [3.05, 3.63) is 70.4 Å². The van der Waals surface area contributed by atoms with Crippen LogP contribution < -0.4 is 4.74 Å². The first kappa shape index (κ1) is 27.8. The molecule has 1 fully saturated rings. The summed E-state index contributed by atoms with van der Waals surface area (Å²) in [5.74, 6) is 4.12. The van der Waals surface area contributed by atoms with Gasteiger partial charge in [-0.25, -0.2) is 8.78 Å². The lowest BCUT2D eigenvalue weighted by Crippen LogP contribution is -2.41. The van der Waals surface area contributed by atoms with Gasteiger partial charge in [0.25, 0.3) is 0 Å². The number of hydrogen-bond donors (Lipinski definition) is 2. The second-order valence-corrected chi connectivity index (χ2v) is 9.97. The number of aromatic nitrogens is 1.